The zero-order valence-electron chi connectivity index (χ0n) is 6.99. The van der Waals surface area contributed by atoms with Crippen molar-refractivity contribution in [1.29, 1.82) is 0 Å². The Morgan fingerprint density at radius 3 is 2.08 bits per heavy atom. The SMILES string of the molecule is CC1(F)C=CC(S(C)(=O)=O)C=C1. The fourth-order valence-corrected chi connectivity index (χ4v) is 1.70. The molecule has 0 saturated heterocycles. The van der Waals surface area contributed by atoms with Gasteiger partial charge in [-0.15, -0.1) is 0 Å². The first-order valence-corrected chi connectivity index (χ1v) is 5.53. The van der Waals surface area contributed by atoms with Crippen molar-refractivity contribution in [2.45, 2.75) is 17.8 Å². The van der Waals surface area contributed by atoms with E-state index in [1.165, 1.54) is 31.2 Å². The highest BCUT2D eigenvalue weighted by Crippen LogP contribution is 2.21. The third-order valence-electron chi connectivity index (χ3n) is 1.72. The lowest BCUT2D eigenvalue weighted by Gasteiger charge is -2.17. The van der Waals surface area contributed by atoms with Crippen LogP contribution in [0.2, 0.25) is 0 Å². The summed E-state index contributed by atoms with van der Waals surface area (Å²) in [6, 6.07) is 0. The van der Waals surface area contributed by atoms with Crippen LogP contribution in [0.1, 0.15) is 6.92 Å². The Labute approximate surface area is 71.7 Å². The predicted molar refractivity (Wildman–Crippen MR) is 46.4 cm³/mol. The first-order valence-electron chi connectivity index (χ1n) is 3.58. The molecule has 0 bridgehead atoms. The molecular weight excluding hydrogens is 179 g/mol. The molecule has 0 radical (unpaired) electrons. The highest BCUT2D eigenvalue weighted by molar-refractivity contribution is 7.91. The molecular formula is C8H11FO2S. The summed E-state index contributed by atoms with van der Waals surface area (Å²) >= 11 is 0. The van der Waals surface area contributed by atoms with Gasteiger partial charge in [-0.05, 0) is 19.1 Å². The lowest BCUT2D eigenvalue weighted by molar-refractivity contribution is 0.325. The molecule has 0 unspecified atom stereocenters. The monoisotopic (exact) mass is 190 g/mol. The lowest BCUT2D eigenvalue weighted by atomic mass is 10.0. The fraction of sp³-hybridized carbons (Fsp3) is 0.500. The third-order valence-corrected chi connectivity index (χ3v) is 3.02. The van der Waals surface area contributed by atoms with E-state index >= 15 is 0 Å². The zero-order valence-corrected chi connectivity index (χ0v) is 7.81. The quantitative estimate of drug-likeness (QED) is 0.583. The van der Waals surface area contributed by atoms with Crippen molar-refractivity contribution in [1.82, 2.24) is 0 Å². The molecule has 12 heavy (non-hydrogen) atoms. The standard InChI is InChI=1S/C8H11FO2S/c1-8(9)5-3-7(4-6-8)12(2,10)11/h3-7H,1-2H3. The molecule has 68 valence electrons. The Kier molecular flexibility index (Phi) is 2.12. The van der Waals surface area contributed by atoms with Crippen LogP contribution in [0, 0.1) is 0 Å². The van der Waals surface area contributed by atoms with Crippen molar-refractivity contribution in [2.75, 3.05) is 6.26 Å². The van der Waals surface area contributed by atoms with Gasteiger partial charge in [0.15, 0.2) is 9.84 Å². The van der Waals surface area contributed by atoms with Crippen molar-refractivity contribution in [3.8, 4) is 0 Å². The highest BCUT2D eigenvalue weighted by Gasteiger charge is 2.24. The van der Waals surface area contributed by atoms with Crippen LogP contribution in [0.15, 0.2) is 24.3 Å². The van der Waals surface area contributed by atoms with E-state index in [9.17, 15) is 12.8 Å². The van der Waals surface area contributed by atoms with Gasteiger partial charge in [0, 0.05) is 6.26 Å². The van der Waals surface area contributed by atoms with E-state index in [4.69, 9.17) is 0 Å². The number of allylic oxidation sites excluding steroid dienone is 2. The smallest absolute Gasteiger partial charge is 0.157 e. The van der Waals surface area contributed by atoms with Gasteiger partial charge >= 0.3 is 0 Å². The summed E-state index contributed by atoms with van der Waals surface area (Å²) in [6.07, 6.45) is 6.40. The molecule has 0 aromatic heterocycles. The maximum Gasteiger partial charge on any atom is 0.157 e. The van der Waals surface area contributed by atoms with Gasteiger partial charge in [0.2, 0.25) is 0 Å². The molecule has 0 N–H and O–H groups in total. The van der Waals surface area contributed by atoms with Gasteiger partial charge in [-0.25, -0.2) is 12.8 Å². The molecule has 0 aromatic carbocycles. The topological polar surface area (TPSA) is 34.1 Å². The van der Waals surface area contributed by atoms with Crippen molar-refractivity contribution < 1.29 is 12.8 Å². The lowest BCUT2D eigenvalue weighted by Crippen LogP contribution is -2.22. The second-order valence-corrected chi connectivity index (χ2v) is 5.37. The van der Waals surface area contributed by atoms with Gasteiger partial charge in [0.25, 0.3) is 0 Å². The molecule has 0 spiro atoms. The number of rotatable bonds is 1. The Balaban J connectivity index is 2.89. The maximum atomic E-state index is 13.1. The molecule has 0 heterocycles. The molecule has 0 amide bonds. The van der Waals surface area contributed by atoms with Gasteiger partial charge in [-0.3, -0.25) is 0 Å². The van der Waals surface area contributed by atoms with E-state index in [-0.39, 0.29) is 0 Å². The number of sulfone groups is 1. The summed E-state index contributed by atoms with van der Waals surface area (Å²) in [5.74, 6) is 0. The van der Waals surface area contributed by atoms with Crippen LogP contribution >= 0.6 is 0 Å². The van der Waals surface area contributed by atoms with Gasteiger partial charge in [-0.1, -0.05) is 12.2 Å². The normalized spacial score (nSPS) is 35.4. The Bertz CT molecular complexity index is 309. The third kappa shape index (κ3) is 2.17. The molecule has 0 aromatic rings. The Morgan fingerprint density at radius 1 is 1.33 bits per heavy atom. The summed E-state index contributed by atoms with van der Waals surface area (Å²) in [6.45, 7) is 1.37. The van der Waals surface area contributed by atoms with E-state index in [1.54, 1.807) is 0 Å². The number of halogens is 1. The molecule has 1 aliphatic carbocycles. The number of hydrogen-bond acceptors (Lipinski definition) is 2. The van der Waals surface area contributed by atoms with Crippen LogP contribution in [0.5, 0.6) is 0 Å². The summed E-state index contributed by atoms with van der Waals surface area (Å²) < 4.78 is 35.0. The average Bonchev–Trinajstić information content (AvgIpc) is 1.83. The summed E-state index contributed by atoms with van der Waals surface area (Å²) in [5, 5.41) is -0.665. The maximum absolute atomic E-state index is 13.1. The minimum absolute atomic E-state index is 0.665. The molecule has 4 heteroatoms. The molecule has 0 fully saturated rings. The van der Waals surface area contributed by atoms with Crippen LogP contribution in [0.4, 0.5) is 4.39 Å². The van der Waals surface area contributed by atoms with Gasteiger partial charge < -0.3 is 0 Å². The van der Waals surface area contributed by atoms with Crippen molar-refractivity contribution in [3.63, 3.8) is 0 Å². The zero-order chi connectivity index (χ0) is 9.41. The first kappa shape index (κ1) is 9.45. The molecule has 0 saturated carbocycles. The van der Waals surface area contributed by atoms with Crippen molar-refractivity contribution in [2.24, 2.45) is 0 Å². The second-order valence-electron chi connectivity index (χ2n) is 3.16. The summed E-state index contributed by atoms with van der Waals surface area (Å²) in [7, 11) is -3.12. The van der Waals surface area contributed by atoms with Crippen LogP contribution in [0.3, 0.4) is 0 Å². The minimum atomic E-state index is -3.12. The Morgan fingerprint density at radius 2 is 1.75 bits per heavy atom. The number of hydrogen-bond donors (Lipinski definition) is 0. The van der Waals surface area contributed by atoms with E-state index in [0.29, 0.717) is 0 Å². The molecule has 0 aliphatic heterocycles. The van der Waals surface area contributed by atoms with Gasteiger partial charge in [0.1, 0.15) is 5.67 Å². The first-order chi connectivity index (χ1) is 5.31. The van der Waals surface area contributed by atoms with E-state index < -0.39 is 20.8 Å². The van der Waals surface area contributed by atoms with Gasteiger partial charge in [0.05, 0.1) is 5.25 Å². The van der Waals surface area contributed by atoms with Crippen LogP contribution in [0.25, 0.3) is 0 Å². The second kappa shape index (κ2) is 2.69. The van der Waals surface area contributed by atoms with Gasteiger partial charge in [-0.2, -0.15) is 0 Å². The molecule has 1 aliphatic rings. The van der Waals surface area contributed by atoms with Crippen molar-refractivity contribution in [3.05, 3.63) is 24.3 Å². The van der Waals surface area contributed by atoms with Crippen LogP contribution in [-0.2, 0) is 9.84 Å². The molecule has 2 nitrogen and oxygen atoms in total. The molecule has 1 rings (SSSR count). The summed E-state index contributed by atoms with van der Waals surface area (Å²) in [5.41, 5.74) is -1.50. The van der Waals surface area contributed by atoms with Crippen LogP contribution < -0.4 is 0 Å². The highest BCUT2D eigenvalue weighted by atomic mass is 32.2. The van der Waals surface area contributed by atoms with Crippen molar-refractivity contribution >= 4 is 9.84 Å². The van der Waals surface area contributed by atoms with E-state index in [2.05, 4.69) is 0 Å². The average molecular weight is 190 g/mol. The van der Waals surface area contributed by atoms with Crippen LogP contribution in [-0.4, -0.2) is 25.6 Å². The predicted octanol–water partition coefficient (Wildman–Crippen LogP) is 1.25. The van der Waals surface area contributed by atoms with E-state index in [0.717, 1.165) is 6.26 Å². The Hall–Kier alpha value is -0.640. The minimum Gasteiger partial charge on any atom is -0.235 e. The fourth-order valence-electron chi connectivity index (χ4n) is 0.971. The van der Waals surface area contributed by atoms with E-state index in [1.807, 2.05) is 0 Å². The number of alkyl halides is 1. The molecule has 0 atom stereocenters. The largest absolute Gasteiger partial charge is 0.235 e. The summed E-state index contributed by atoms with van der Waals surface area (Å²) in [4.78, 5) is 0.